The molecule has 1 aromatic rings. The van der Waals surface area contributed by atoms with Crippen molar-refractivity contribution in [3.05, 3.63) is 29.8 Å². The van der Waals surface area contributed by atoms with Crippen LogP contribution >= 0.6 is 0 Å². The Morgan fingerprint density at radius 2 is 2.00 bits per heavy atom. The fraction of sp³-hybridized carbons (Fsp3) is 0.333. The third kappa shape index (κ3) is 3.07. The molecule has 4 heteroatoms. The van der Waals surface area contributed by atoms with Gasteiger partial charge in [0.25, 0.3) is 0 Å². The molecule has 0 saturated carbocycles. The monoisotopic (exact) mass is 313 g/mol. The Labute approximate surface area is 93.9 Å². The summed E-state index contributed by atoms with van der Waals surface area (Å²) in [6, 6.07) is 7.06. The zero-order valence-electron chi connectivity index (χ0n) is 7.27. The molecule has 1 rings (SSSR count). The van der Waals surface area contributed by atoms with Gasteiger partial charge in [0, 0.05) is 0 Å². The van der Waals surface area contributed by atoms with Crippen LogP contribution in [0.4, 0.5) is 0 Å². The van der Waals surface area contributed by atoms with Gasteiger partial charge in [-0.05, 0) is 0 Å². The summed E-state index contributed by atoms with van der Waals surface area (Å²) in [6.45, 7) is 2.14. The summed E-state index contributed by atoms with van der Waals surface area (Å²) in [4.78, 5) is 0.358. The summed E-state index contributed by atoms with van der Waals surface area (Å²) in [6.07, 6.45) is 0. The van der Waals surface area contributed by atoms with Gasteiger partial charge in [0.15, 0.2) is 0 Å². The molecule has 1 aromatic carbocycles. The van der Waals surface area contributed by atoms with Crippen LogP contribution < -0.4 is 0 Å². The first-order valence-corrected chi connectivity index (χ1v) is 6.83. The Balaban J connectivity index is 2.87. The molecule has 0 bridgehead atoms. The van der Waals surface area contributed by atoms with E-state index in [2.05, 4.69) is 6.92 Å². The van der Waals surface area contributed by atoms with Gasteiger partial charge in [-0.15, -0.1) is 0 Å². The van der Waals surface area contributed by atoms with Crippen LogP contribution in [-0.4, -0.2) is 31.1 Å². The quantitative estimate of drug-likeness (QED) is 0.624. The molecule has 2 unspecified atom stereocenters. The first kappa shape index (κ1) is 11.2. The second-order valence-electron chi connectivity index (χ2n) is 2.89. The van der Waals surface area contributed by atoms with Gasteiger partial charge in [-0.25, -0.2) is 0 Å². The minimum atomic E-state index is -2.10. The van der Waals surface area contributed by atoms with Crippen molar-refractivity contribution in [3.8, 4) is 0 Å². The van der Waals surface area contributed by atoms with E-state index in [-0.39, 0.29) is 0 Å². The number of benzene rings is 1. The van der Waals surface area contributed by atoms with E-state index in [0.29, 0.717) is 10.8 Å². The molecule has 0 radical (unpaired) electrons. The molecule has 0 heterocycles. The van der Waals surface area contributed by atoms with Crippen LogP contribution in [0.1, 0.15) is 18.4 Å². The predicted molar refractivity (Wildman–Crippen MR) is 54.0 cm³/mol. The molecule has 13 heavy (non-hydrogen) atoms. The van der Waals surface area contributed by atoms with Crippen molar-refractivity contribution in [1.82, 2.24) is 0 Å². The van der Waals surface area contributed by atoms with Gasteiger partial charge in [0.1, 0.15) is 0 Å². The molecule has 0 aromatic heterocycles. The van der Waals surface area contributed by atoms with Crippen LogP contribution in [0.25, 0.3) is 0 Å². The van der Waals surface area contributed by atoms with E-state index in [0.717, 1.165) is 4.47 Å². The van der Waals surface area contributed by atoms with Gasteiger partial charge in [-0.2, -0.15) is 0 Å². The van der Waals surface area contributed by atoms with Crippen molar-refractivity contribution in [1.29, 1.82) is 0 Å². The van der Waals surface area contributed by atoms with Gasteiger partial charge >= 0.3 is 94.2 Å². The van der Waals surface area contributed by atoms with Crippen molar-refractivity contribution >= 4 is 33.4 Å². The van der Waals surface area contributed by atoms with Crippen LogP contribution in [0.5, 0.6) is 0 Å². The number of hydrogen-bond acceptors (Lipinski definition) is 2. The molecule has 0 saturated heterocycles. The van der Waals surface area contributed by atoms with Gasteiger partial charge < -0.3 is 0 Å². The van der Waals surface area contributed by atoms with Gasteiger partial charge in [-0.1, -0.05) is 0 Å². The molecule has 2 nitrogen and oxygen atoms in total. The zero-order chi connectivity index (χ0) is 9.84. The second-order valence-corrected chi connectivity index (χ2v) is 4.87. The SMILES string of the molecule is CC(C[TeH])c1ccc(S(=O)[O-])cc1. The van der Waals surface area contributed by atoms with E-state index in [1.807, 2.05) is 12.1 Å². The van der Waals surface area contributed by atoms with Crippen LogP contribution in [-0.2, 0) is 11.1 Å². The van der Waals surface area contributed by atoms with Crippen molar-refractivity contribution in [2.24, 2.45) is 0 Å². The normalized spacial score (nSPS) is 15.3. The third-order valence-corrected chi connectivity index (χ3v) is 4.14. The third-order valence-electron chi connectivity index (χ3n) is 1.92. The summed E-state index contributed by atoms with van der Waals surface area (Å²) in [5, 5.41) is 0. The van der Waals surface area contributed by atoms with Crippen molar-refractivity contribution in [2.45, 2.75) is 22.2 Å². The fourth-order valence-electron chi connectivity index (χ4n) is 1.01. The molecule has 0 fully saturated rings. The van der Waals surface area contributed by atoms with Crippen LogP contribution in [0.15, 0.2) is 29.2 Å². The molecule has 0 spiro atoms. The molecular formula is C9H11O2STe-. The summed E-state index contributed by atoms with van der Waals surface area (Å²) in [5.74, 6) is 0.517. The Kier molecular flexibility index (Phi) is 4.40. The Morgan fingerprint density at radius 3 is 2.38 bits per heavy atom. The molecular weight excluding hydrogens is 300 g/mol. The first-order chi connectivity index (χ1) is 6.15. The molecule has 0 aliphatic carbocycles. The van der Waals surface area contributed by atoms with Crippen molar-refractivity contribution in [2.75, 3.05) is 0 Å². The topological polar surface area (TPSA) is 40.1 Å². The molecule has 0 aliphatic rings. The summed E-state index contributed by atoms with van der Waals surface area (Å²) < 4.78 is 22.2. The molecule has 0 amide bonds. The van der Waals surface area contributed by atoms with E-state index in [1.54, 1.807) is 34.4 Å². The van der Waals surface area contributed by atoms with Crippen molar-refractivity contribution in [3.63, 3.8) is 0 Å². The van der Waals surface area contributed by atoms with Gasteiger partial charge in [0.2, 0.25) is 0 Å². The van der Waals surface area contributed by atoms with Gasteiger partial charge in [0.05, 0.1) is 0 Å². The van der Waals surface area contributed by atoms with Crippen LogP contribution in [0.2, 0.25) is 4.47 Å². The maximum absolute atomic E-state index is 10.6. The van der Waals surface area contributed by atoms with E-state index in [1.165, 1.54) is 5.56 Å². The molecule has 0 N–H and O–H groups in total. The number of hydrogen-bond donors (Lipinski definition) is 0. The number of rotatable bonds is 3. The Bertz CT molecular complexity index is 297. The summed E-state index contributed by atoms with van der Waals surface area (Å²) in [5.41, 5.74) is 1.20. The van der Waals surface area contributed by atoms with E-state index in [9.17, 15) is 8.76 Å². The van der Waals surface area contributed by atoms with E-state index in [4.69, 9.17) is 0 Å². The molecule has 0 aliphatic heterocycles. The fourth-order valence-corrected chi connectivity index (χ4v) is 1.97. The predicted octanol–water partition coefficient (Wildman–Crippen LogP) is 1.35. The molecule has 72 valence electrons. The Morgan fingerprint density at radius 1 is 1.46 bits per heavy atom. The van der Waals surface area contributed by atoms with E-state index >= 15 is 0 Å². The second kappa shape index (κ2) is 5.11. The standard InChI is InChI=1S/C9H12O2STe/c1-7(6-13)8-2-4-9(5-3-8)12(10)11/h2-5,7,13H,6H2,1H3,(H,10,11)/p-1. The van der Waals surface area contributed by atoms with Crippen LogP contribution in [0.3, 0.4) is 0 Å². The summed E-state index contributed by atoms with van der Waals surface area (Å²) in [7, 11) is 0. The first-order valence-electron chi connectivity index (χ1n) is 3.95. The maximum atomic E-state index is 10.6. The Hall–Kier alpha value is 0.120. The summed E-state index contributed by atoms with van der Waals surface area (Å²) >= 11 is -0.320. The van der Waals surface area contributed by atoms with Crippen LogP contribution in [0, 0.1) is 0 Å². The molecule has 2 atom stereocenters. The average Bonchev–Trinajstić information content (AvgIpc) is 2.17. The zero-order valence-corrected chi connectivity index (χ0v) is 10.6. The average molecular weight is 311 g/mol. The van der Waals surface area contributed by atoms with Gasteiger partial charge in [-0.3, -0.25) is 0 Å². The minimum absolute atomic E-state index is 0.358. The van der Waals surface area contributed by atoms with E-state index < -0.39 is 11.1 Å². The van der Waals surface area contributed by atoms with Crippen molar-refractivity contribution < 1.29 is 8.76 Å².